The molecule has 0 aliphatic carbocycles. The summed E-state index contributed by atoms with van der Waals surface area (Å²) < 4.78 is 61.4. The van der Waals surface area contributed by atoms with Gasteiger partial charge in [0.25, 0.3) is 5.56 Å². The number of hydrogen-bond donors (Lipinski definition) is 6. The number of imidazole rings is 2. The van der Waals surface area contributed by atoms with Gasteiger partial charge in [0.1, 0.15) is 36.6 Å². The molecule has 10 atom stereocenters. The molecule has 254 valence electrons. The number of anilines is 1. The van der Waals surface area contributed by atoms with Crippen molar-refractivity contribution < 1.29 is 56.7 Å². The lowest BCUT2D eigenvalue weighted by Crippen LogP contribution is -2.38. The van der Waals surface area contributed by atoms with Crippen LogP contribution in [-0.2, 0) is 36.7 Å². The van der Waals surface area contributed by atoms with E-state index in [4.69, 9.17) is 68.1 Å². The monoisotopic (exact) mass is 759 g/mol. The molecule has 3 saturated heterocycles. The van der Waals surface area contributed by atoms with Crippen molar-refractivity contribution in [3.8, 4) is 0 Å². The first-order valence-corrected chi connectivity index (χ1v) is 17.5. The van der Waals surface area contributed by atoms with Crippen LogP contribution in [0.1, 0.15) is 12.5 Å². The average Bonchev–Trinajstić information content (AvgIpc) is 3.70. The molecule has 6 heterocycles. The van der Waals surface area contributed by atoms with Crippen LogP contribution in [0.5, 0.6) is 0 Å². The van der Waals surface area contributed by atoms with Crippen LogP contribution < -0.4 is 11.3 Å². The molecular weight excluding hydrogens is 739 g/mol. The molecule has 4 unspecified atom stereocenters. The third-order valence-corrected chi connectivity index (χ3v) is 10.6. The Morgan fingerprint density at radius 3 is 2.13 bits per heavy atom. The number of halogens is 3. The average molecular weight is 761 g/mol. The molecule has 3 aliphatic rings. The Balaban J connectivity index is 1.24. The third kappa shape index (κ3) is 6.01. The van der Waals surface area contributed by atoms with Gasteiger partial charge in [0, 0.05) is 0 Å². The zero-order valence-corrected chi connectivity index (χ0v) is 27.1. The molecule has 7 rings (SSSR count). The number of phosphoric ester groups is 2. The Labute approximate surface area is 276 Å². The molecular formula is C22H22Cl3N7O13P2. The second-order valence-electron chi connectivity index (χ2n) is 10.6. The first kappa shape index (κ1) is 33.3. The van der Waals surface area contributed by atoms with Crippen molar-refractivity contribution in [1.29, 1.82) is 0 Å². The number of aliphatic hydroxyl groups excluding tert-OH is 2. The van der Waals surface area contributed by atoms with E-state index in [1.807, 2.05) is 0 Å². The summed E-state index contributed by atoms with van der Waals surface area (Å²) in [4.78, 5) is 48.1. The van der Waals surface area contributed by atoms with Crippen LogP contribution in [0, 0.1) is 0 Å². The van der Waals surface area contributed by atoms with E-state index < -0.39 is 83.5 Å². The predicted octanol–water partition coefficient (Wildman–Crippen LogP) is 1.25. The van der Waals surface area contributed by atoms with Crippen molar-refractivity contribution in [3.05, 3.63) is 44.1 Å². The number of aliphatic hydroxyl groups is 2. The lowest BCUT2D eigenvalue weighted by molar-refractivity contribution is -0.0674. The molecule has 20 nitrogen and oxygen atoms in total. The molecule has 47 heavy (non-hydrogen) atoms. The van der Waals surface area contributed by atoms with E-state index in [2.05, 4.69) is 19.9 Å². The SMILES string of the molecule is Nc1nc2c(ncn2[C@@H]2O[C@@H]3COP(=O)(O)OC4[C@@H](O)[C@@H](COP(=O)(O)O[C@H]2C3O)O[C@H]4n2c(Cl)nc3cc(Cl)c(Cl)cc32)c(=O)[nH]1. The topological polar surface area (TPSA) is 278 Å². The van der Waals surface area contributed by atoms with Gasteiger partial charge in [-0.25, -0.2) is 19.1 Å². The molecule has 7 N–H and O–H groups in total. The van der Waals surface area contributed by atoms with Crippen LogP contribution >= 0.6 is 50.4 Å². The van der Waals surface area contributed by atoms with Crippen LogP contribution in [0.25, 0.3) is 22.2 Å². The van der Waals surface area contributed by atoms with E-state index >= 15 is 0 Å². The van der Waals surface area contributed by atoms with Gasteiger partial charge in [-0.3, -0.25) is 37.0 Å². The molecule has 4 bridgehead atoms. The normalized spacial score (nSPS) is 36.7. The number of H-pyrrole nitrogens is 1. The van der Waals surface area contributed by atoms with Crippen LogP contribution in [0.3, 0.4) is 0 Å². The lowest BCUT2D eigenvalue weighted by Gasteiger charge is -2.26. The maximum Gasteiger partial charge on any atom is 0.472 e. The summed E-state index contributed by atoms with van der Waals surface area (Å²) in [7, 11) is -10.3. The van der Waals surface area contributed by atoms with Gasteiger partial charge in [-0.1, -0.05) is 23.2 Å². The highest BCUT2D eigenvalue weighted by molar-refractivity contribution is 7.47. The zero-order chi connectivity index (χ0) is 33.6. The van der Waals surface area contributed by atoms with E-state index in [0.29, 0.717) is 0 Å². The summed E-state index contributed by atoms with van der Waals surface area (Å²) in [5, 5.41) is 22.3. The van der Waals surface area contributed by atoms with Crippen molar-refractivity contribution in [2.45, 2.75) is 49.1 Å². The number of ether oxygens (including phenoxy) is 2. The number of benzene rings is 1. The number of nitrogens with zero attached hydrogens (tertiary/aromatic N) is 5. The van der Waals surface area contributed by atoms with Gasteiger partial charge in [-0.15, -0.1) is 0 Å². The fraction of sp³-hybridized carbons (Fsp3) is 0.455. The number of rotatable bonds is 2. The summed E-state index contributed by atoms with van der Waals surface area (Å²) in [6.07, 6.45) is -12.0. The fourth-order valence-electron chi connectivity index (χ4n) is 5.51. The molecule has 0 spiro atoms. The molecule has 25 heteroatoms. The smallest absolute Gasteiger partial charge is 0.387 e. The summed E-state index contributed by atoms with van der Waals surface area (Å²) >= 11 is 18.7. The molecule has 0 saturated carbocycles. The molecule has 0 amide bonds. The largest absolute Gasteiger partial charge is 0.472 e. The summed E-state index contributed by atoms with van der Waals surface area (Å²) in [5.41, 5.74) is 5.09. The van der Waals surface area contributed by atoms with Crippen molar-refractivity contribution >= 4 is 78.6 Å². The number of aromatic nitrogens is 6. The Hall–Kier alpha value is -2.23. The van der Waals surface area contributed by atoms with Crippen molar-refractivity contribution in [3.63, 3.8) is 0 Å². The number of nitrogen functional groups attached to an aromatic ring is 1. The highest BCUT2D eigenvalue weighted by Crippen LogP contribution is 2.54. The van der Waals surface area contributed by atoms with Gasteiger partial charge >= 0.3 is 15.6 Å². The van der Waals surface area contributed by atoms with E-state index in [0.717, 1.165) is 10.9 Å². The van der Waals surface area contributed by atoms with Crippen molar-refractivity contribution in [1.82, 2.24) is 29.1 Å². The predicted molar refractivity (Wildman–Crippen MR) is 158 cm³/mol. The molecule has 4 aromatic rings. The van der Waals surface area contributed by atoms with Crippen molar-refractivity contribution in [2.24, 2.45) is 0 Å². The summed E-state index contributed by atoms with van der Waals surface area (Å²) in [6.45, 7) is -1.71. The Bertz CT molecular complexity index is 2050. The Morgan fingerprint density at radius 1 is 0.915 bits per heavy atom. The number of nitrogens with two attached hydrogens (primary N) is 1. The van der Waals surface area contributed by atoms with Crippen LogP contribution in [0.15, 0.2) is 23.3 Å². The maximum atomic E-state index is 13.3. The lowest BCUT2D eigenvalue weighted by atomic mass is 10.1. The second-order valence-corrected chi connectivity index (χ2v) is 14.5. The minimum atomic E-state index is -5.13. The van der Waals surface area contributed by atoms with Gasteiger partial charge in [0.2, 0.25) is 11.2 Å². The molecule has 3 fully saturated rings. The van der Waals surface area contributed by atoms with Gasteiger partial charge < -0.3 is 35.2 Å². The fourth-order valence-corrected chi connectivity index (χ4v) is 7.97. The van der Waals surface area contributed by atoms with Crippen LogP contribution in [0.4, 0.5) is 5.95 Å². The van der Waals surface area contributed by atoms with Gasteiger partial charge in [-0.2, -0.15) is 4.98 Å². The molecule has 3 aliphatic heterocycles. The van der Waals surface area contributed by atoms with E-state index in [1.54, 1.807) is 0 Å². The Kier molecular flexibility index (Phi) is 8.48. The van der Waals surface area contributed by atoms with Crippen LogP contribution in [0.2, 0.25) is 15.3 Å². The molecule has 3 aromatic heterocycles. The maximum absolute atomic E-state index is 13.3. The number of phosphoric acid groups is 2. The van der Waals surface area contributed by atoms with Crippen molar-refractivity contribution in [2.75, 3.05) is 18.9 Å². The first-order chi connectivity index (χ1) is 22.1. The molecule has 1 aromatic carbocycles. The summed E-state index contributed by atoms with van der Waals surface area (Å²) in [5.74, 6) is -0.295. The third-order valence-electron chi connectivity index (χ3n) is 7.61. The minimum Gasteiger partial charge on any atom is -0.387 e. The summed E-state index contributed by atoms with van der Waals surface area (Å²) in [6, 6.07) is 2.79. The van der Waals surface area contributed by atoms with Crippen LogP contribution in [-0.4, -0.2) is 98.9 Å². The quantitative estimate of drug-likeness (QED) is 0.157. The zero-order valence-electron chi connectivity index (χ0n) is 23.1. The standard InChI is InChI=1S/C22H22Cl3N7O13P2/c23-6-1-8-9(2-7(6)24)32(21(25)28-8)20-16-14(34)11(43-20)4-41-46(36,37)44-15-13(33)10(3-40-47(38,39)45-16)42-19(15)31-5-27-12-17(31)29-22(26)30-18(12)35/h1-2,5,10-11,13-16,19-20,33-34H,3-4H2,(H,36,37)(H,38,39)(H3,26,29,30,35)/t10-,11-,13?,14+,15+,16?,19-,20-/m1/s1. The van der Waals surface area contributed by atoms with Gasteiger partial charge in [0.05, 0.1) is 40.6 Å². The Morgan fingerprint density at radius 2 is 1.49 bits per heavy atom. The number of nitrogens with one attached hydrogen (secondary N) is 1. The minimum absolute atomic E-state index is 0.0995. The van der Waals surface area contributed by atoms with E-state index in [1.165, 1.54) is 16.7 Å². The highest BCUT2D eigenvalue weighted by Gasteiger charge is 2.54. The van der Waals surface area contributed by atoms with Gasteiger partial charge in [0.15, 0.2) is 23.6 Å². The highest BCUT2D eigenvalue weighted by atomic mass is 35.5. The number of fused-ring (bicyclic) bond motifs is 6. The first-order valence-electron chi connectivity index (χ1n) is 13.4. The van der Waals surface area contributed by atoms with E-state index in [9.17, 15) is 33.9 Å². The van der Waals surface area contributed by atoms with Gasteiger partial charge in [-0.05, 0) is 23.7 Å². The number of hydrogen-bond acceptors (Lipinski definition) is 15. The van der Waals surface area contributed by atoms with E-state index in [-0.39, 0.29) is 43.5 Å². The number of aromatic amines is 1. The second kappa shape index (κ2) is 12.0. The molecule has 0 radical (unpaired) electrons.